The van der Waals surface area contributed by atoms with Crippen molar-refractivity contribution in [1.82, 2.24) is 4.31 Å². The highest BCUT2D eigenvalue weighted by Crippen LogP contribution is 2.26. The minimum Gasteiger partial charge on any atom is -0.379 e. The number of anilines is 2. The van der Waals surface area contributed by atoms with Crippen molar-refractivity contribution < 1.29 is 26.4 Å². The van der Waals surface area contributed by atoms with Gasteiger partial charge in [-0.05, 0) is 66.7 Å². The normalized spacial score (nSPS) is 14.8. The molecule has 0 aliphatic carbocycles. The van der Waals surface area contributed by atoms with Crippen LogP contribution in [0.2, 0.25) is 10.0 Å². The molecule has 0 radical (unpaired) electrons. The molecule has 13 heteroatoms. The quantitative estimate of drug-likeness (QED) is 0.442. The van der Waals surface area contributed by atoms with Crippen LogP contribution in [0, 0.1) is 0 Å². The molecule has 3 aromatic rings. The van der Waals surface area contributed by atoms with Gasteiger partial charge >= 0.3 is 0 Å². The maximum absolute atomic E-state index is 13.0. The molecule has 9 nitrogen and oxygen atoms in total. The van der Waals surface area contributed by atoms with Crippen LogP contribution in [0.1, 0.15) is 10.4 Å². The summed E-state index contributed by atoms with van der Waals surface area (Å²) in [4.78, 5) is 13.1. The average molecular weight is 570 g/mol. The van der Waals surface area contributed by atoms with Crippen LogP contribution < -0.4 is 10.0 Å². The van der Waals surface area contributed by atoms with Crippen molar-refractivity contribution in [2.24, 2.45) is 0 Å². The topological polar surface area (TPSA) is 122 Å². The number of hydrogen-bond acceptors (Lipinski definition) is 6. The Labute approximate surface area is 219 Å². The number of hydrogen-bond donors (Lipinski definition) is 2. The van der Waals surface area contributed by atoms with E-state index in [0.29, 0.717) is 23.9 Å². The molecule has 0 saturated carbocycles. The van der Waals surface area contributed by atoms with Crippen molar-refractivity contribution in [1.29, 1.82) is 0 Å². The number of carbonyl (C=O) groups excluding carboxylic acids is 1. The Kier molecular flexibility index (Phi) is 7.88. The summed E-state index contributed by atoms with van der Waals surface area (Å²) in [5, 5.41) is 3.24. The number of nitrogens with zero attached hydrogens (tertiary/aromatic N) is 1. The van der Waals surface area contributed by atoms with Crippen molar-refractivity contribution in [3.05, 3.63) is 82.3 Å². The van der Waals surface area contributed by atoms with Gasteiger partial charge in [-0.2, -0.15) is 4.31 Å². The van der Waals surface area contributed by atoms with Crippen molar-refractivity contribution in [3.8, 4) is 0 Å². The first-order valence-corrected chi connectivity index (χ1v) is 14.3. The van der Waals surface area contributed by atoms with Crippen LogP contribution >= 0.6 is 23.2 Å². The fourth-order valence-corrected chi connectivity index (χ4v) is 6.24. The van der Waals surface area contributed by atoms with Gasteiger partial charge in [-0.3, -0.25) is 9.52 Å². The lowest BCUT2D eigenvalue weighted by atomic mass is 10.1. The van der Waals surface area contributed by atoms with E-state index in [1.54, 1.807) is 0 Å². The zero-order valence-corrected chi connectivity index (χ0v) is 21.8. The molecule has 0 spiro atoms. The van der Waals surface area contributed by atoms with Crippen LogP contribution in [0.4, 0.5) is 11.4 Å². The van der Waals surface area contributed by atoms with Gasteiger partial charge in [0.05, 0.1) is 34.3 Å². The molecule has 1 saturated heterocycles. The molecule has 1 aliphatic heterocycles. The zero-order valence-electron chi connectivity index (χ0n) is 18.6. The molecule has 1 heterocycles. The van der Waals surface area contributed by atoms with Gasteiger partial charge in [0.1, 0.15) is 0 Å². The minimum atomic E-state index is -4.02. The second-order valence-electron chi connectivity index (χ2n) is 7.74. The van der Waals surface area contributed by atoms with E-state index in [2.05, 4.69) is 10.0 Å². The van der Waals surface area contributed by atoms with Gasteiger partial charge in [0, 0.05) is 28.8 Å². The third-order valence-electron chi connectivity index (χ3n) is 5.31. The van der Waals surface area contributed by atoms with Crippen molar-refractivity contribution in [2.45, 2.75) is 9.79 Å². The molecule has 0 unspecified atom stereocenters. The maximum Gasteiger partial charge on any atom is 0.261 e. The standard InChI is InChI=1S/C23H21Cl2N3O6S2/c24-16-1-6-19(7-2-16)35(30,31)27-22-10-3-17(25)15-21(22)23(29)26-18-4-8-20(9-5-18)36(32,33)28-11-13-34-14-12-28/h1-10,15,27H,11-14H2,(H,26,29). The minimum absolute atomic E-state index is 0.0124. The first kappa shape index (κ1) is 26.4. The molecular weight excluding hydrogens is 549 g/mol. The molecule has 0 atom stereocenters. The smallest absolute Gasteiger partial charge is 0.261 e. The van der Waals surface area contributed by atoms with Crippen LogP contribution in [0.25, 0.3) is 0 Å². The SMILES string of the molecule is O=C(Nc1ccc(S(=O)(=O)N2CCOCC2)cc1)c1cc(Cl)ccc1NS(=O)(=O)c1ccc(Cl)cc1. The fraction of sp³-hybridized carbons (Fsp3) is 0.174. The number of rotatable bonds is 7. The lowest BCUT2D eigenvalue weighted by molar-refractivity contribution is 0.0730. The van der Waals surface area contributed by atoms with Crippen LogP contribution in [0.5, 0.6) is 0 Å². The Bertz CT molecular complexity index is 1470. The number of amides is 1. The third kappa shape index (κ3) is 6.00. The molecule has 1 fully saturated rings. The third-order valence-corrected chi connectivity index (χ3v) is 9.10. The van der Waals surface area contributed by atoms with E-state index in [1.165, 1.54) is 71.0 Å². The van der Waals surface area contributed by atoms with E-state index in [4.69, 9.17) is 27.9 Å². The molecule has 1 aliphatic rings. The Balaban J connectivity index is 1.54. The highest BCUT2D eigenvalue weighted by molar-refractivity contribution is 7.92. The number of morpholine rings is 1. The lowest BCUT2D eigenvalue weighted by Gasteiger charge is -2.26. The maximum atomic E-state index is 13.0. The predicted octanol–water partition coefficient (Wildman–Crippen LogP) is 4.07. The summed E-state index contributed by atoms with van der Waals surface area (Å²) < 4.78 is 60.1. The van der Waals surface area contributed by atoms with E-state index in [1.807, 2.05) is 0 Å². The average Bonchev–Trinajstić information content (AvgIpc) is 2.86. The Morgan fingerprint density at radius 2 is 1.39 bits per heavy atom. The van der Waals surface area contributed by atoms with Gasteiger partial charge < -0.3 is 10.1 Å². The molecule has 2 N–H and O–H groups in total. The summed E-state index contributed by atoms with van der Waals surface area (Å²) >= 11 is 11.9. The molecule has 3 aromatic carbocycles. The summed E-state index contributed by atoms with van der Waals surface area (Å²) in [7, 11) is -7.70. The number of sulfonamides is 2. The summed E-state index contributed by atoms with van der Waals surface area (Å²) in [6, 6.07) is 15.4. The van der Waals surface area contributed by atoms with Gasteiger partial charge in [-0.1, -0.05) is 23.2 Å². The zero-order chi connectivity index (χ0) is 25.9. The van der Waals surface area contributed by atoms with Crippen molar-refractivity contribution >= 4 is 60.5 Å². The molecule has 1 amide bonds. The van der Waals surface area contributed by atoms with E-state index >= 15 is 0 Å². The van der Waals surface area contributed by atoms with E-state index in [9.17, 15) is 21.6 Å². The number of nitrogens with one attached hydrogen (secondary N) is 2. The summed E-state index contributed by atoms with van der Waals surface area (Å²) in [6.45, 7) is 1.20. The van der Waals surface area contributed by atoms with Gasteiger partial charge in [0.15, 0.2) is 0 Å². The molecule has 0 bridgehead atoms. The Morgan fingerprint density at radius 3 is 2.03 bits per heavy atom. The van der Waals surface area contributed by atoms with E-state index < -0.39 is 26.0 Å². The van der Waals surface area contributed by atoms with Crippen molar-refractivity contribution in [3.63, 3.8) is 0 Å². The highest BCUT2D eigenvalue weighted by atomic mass is 35.5. The lowest BCUT2D eigenvalue weighted by Crippen LogP contribution is -2.40. The number of benzene rings is 3. The van der Waals surface area contributed by atoms with E-state index in [0.717, 1.165) is 0 Å². The molecule has 4 rings (SSSR count). The van der Waals surface area contributed by atoms with E-state index in [-0.39, 0.29) is 39.2 Å². The first-order chi connectivity index (χ1) is 17.1. The summed E-state index contributed by atoms with van der Waals surface area (Å²) in [5.74, 6) is -0.643. The molecule has 190 valence electrons. The number of ether oxygens (including phenoxy) is 1. The van der Waals surface area contributed by atoms with Crippen LogP contribution in [0.3, 0.4) is 0 Å². The Morgan fingerprint density at radius 1 is 0.806 bits per heavy atom. The molecule has 36 heavy (non-hydrogen) atoms. The molecular formula is C23H21Cl2N3O6S2. The van der Waals surface area contributed by atoms with Gasteiger partial charge in [-0.25, -0.2) is 16.8 Å². The van der Waals surface area contributed by atoms with Crippen molar-refractivity contribution in [2.75, 3.05) is 36.3 Å². The van der Waals surface area contributed by atoms with Gasteiger partial charge in [-0.15, -0.1) is 0 Å². The highest BCUT2D eigenvalue weighted by Gasteiger charge is 2.26. The van der Waals surface area contributed by atoms with Crippen LogP contribution in [0.15, 0.2) is 76.5 Å². The summed E-state index contributed by atoms with van der Waals surface area (Å²) in [6.07, 6.45) is 0. The van der Waals surface area contributed by atoms with Gasteiger partial charge in [0.2, 0.25) is 10.0 Å². The monoisotopic (exact) mass is 569 g/mol. The summed E-state index contributed by atoms with van der Waals surface area (Å²) in [5.41, 5.74) is 0.302. The fourth-order valence-electron chi connectivity index (χ4n) is 3.46. The molecule has 0 aromatic heterocycles. The number of halogens is 2. The van der Waals surface area contributed by atoms with Crippen LogP contribution in [-0.4, -0.2) is 53.4 Å². The second-order valence-corrected chi connectivity index (χ2v) is 12.2. The Hall–Kier alpha value is -2.67. The number of carbonyl (C=O) groups is 1. The second kappa shape index (κ2) is 10.8. The van der Waals surface area contributed by atoms with Gasteiger partial charge in [0.25, 0.3) is 15.9 Å². The first-order valence-electron chi connectivity index (χ1n) is 10.6. The largest absolute Gasteiger partial charge is 0.379 e. The predicted molar refractivity (Wildman–Crippen MR) is 138 cm³/mol. The van der Waals surface area contributed by atoms with Crippen LogP contribution in [-0.2, 0) is 24.8 Å².